The number of hydrogen-bond donors (Lipinski definition) is 2. The van der Waals surface area contributed by atoms with Crippen molar-refractivity contribution in [3.05, 3.63) is 58.5 Å². The first-order valence-electron chi connectivity index (χ1n) is 7.51. The first-order chi connectivity index (χ1) is 10.5. The summed E-state index contributed by atoms with van der Waals surface area (Å²) in [6.45, 7) is 6.10. The second-order valence-electron chi connectivity index (χ2n) is 5.70. The van der Waals surface area contributed by atoms with Gasteiger partial charge in [0, 0.05) is 6.61 Å². The Morgan fingerprint density at radius 3 is 2.50 bits per heavy atom. The Hall–Kier alpha value is -2.07. The van der Waals surface area contributed by atoms with E-state index in [1.807, 2.05) is 19.9 Å². The molecule has 1 aromatic heterocycles. The molecule has 0 aliphatic carbocycles. The van der Waals surface area contributed by atoms with Crippen molar-refractivity contribution < 1.29 is 14.3 Å². The van der Waals surface area contributed by atoms with Crippen LogP contribution in [-0.2, 0) is 11.2 Å². The van der Waals surface area contributed by atoms with Crippen LogP contribution in [0.2, 0.25) is 0 Å². The molecule has 1 atom stereocenters. The Morgan fingerprint density at radius 2 is 1.95 bits per heavy atom. The topological polar surface area (TPSA) is 62.5 Å². The number of rotatable bonds is 6. The zero-order valence-corrected chi connectivity index (χ0v) is 13.3. The summed E-state index contributed by atoms with van der Waals surface area (Å²) >= 11 is 0. The second kappa shape index (κ2) is 7.27. The number of aryl methyl sites for hydroxylation is 3. The van der Waals surface area contributed by atoms with E-state index in [1.54, 1.807) is 12.3 Å². The van der Waals surface area contributed by atoms with Crippen molar-refractivity contribution in [2.45, 2.75) is 39.7 Å². The van der Waals surface area contributed by atoms with Crippen LogP contribution in [0.15, 0.2) is 34.9 Å². The highest BCUT2D eigenvalue weighted by Gasteiger charge is 2.18. The first kappa shape index (κ1) is 16.3. The van der Waals surface area contributed by atoms with Crippen molar-refractivity contribution >= 4 is 5.91 Å². The molecule has 1 aromatic carbocycles. The quantitative estimate of drug-likeness (QED) is 0.862. The van der Waals surface area contributed by atoms with Crippen LogP contribution in [-0.4, -0.2) is 17.6 Å². The Morgan fingerprint density at radius 1 is 1.27 bits per heavy atom. The van der Waals surface area contributed by atoms with Gasteiger partial charge in [0.1, 0.15) is 5.76 Å². The fraction of sp³-hybridized carbons (Fsp3) is 0.389. The first-order valence-corrected chi connectivity index (χ1v) is 7.51. The van der Waals surface area contributed by atoms with Crippen molar-refractivity contribution in [1.29, 1.82) is 0 Å². The lowest BCUT2D eigenvalue weighted by Gasteiger charge is -2.17. The predicted molar refractivity (Wildman–Crippen MR) is 85.7 cm³/mol. The third-order valence-electron chi connectivity index (χ3n) is 3.82. The number of furan rings is 1. The third-order valence-corrected chi connectivity index (χ3v) is 3.82. The van der Waals surface area contributed by atoms with Gasteiger partial charge in [0.2, 0.25) is 5.91 Å². The SMILES string of the molecule is Cc1cc(C)c(CC(=O)NC(CCO)c2ccco2)c(C)c1. The smallest absolute Gasteiger partial charge is 0.225 e. The van der Waals surface area contributed by atoms with Gasteiger partial charge in [0.05, 0.1) is 18.7 Å². The van der Waals surface area contributed by atoms with Gasteiger partial charge >= 0.3 is 0 Å². The summed E-state index contributed by atoms with van der Waals surface area (Å²) in [6, 6.07) is 7.47. The number of benzene rings is 1. The van der Waals surface area contributed by atoms with Crippen molar-refractivity contribution in [2.75, 3.05) is 6.61 Å². The lowest BCUT2D eigenvalue weighted by molar-refractivity contribution is -0.121. The van der Waals surface area contributed by atoms with Crippen LogP contribution in [0.1, 0.15) is 40.5 Å². The van der Waals surface area contributed by atoms with Crippen LogP contribution in [0.25, 0.3) is 0 Å². The van der Waals surface area contributed by atoms with Crippen LogP contribution in [0.4, 0.5) is 0 Å². The van der Waals surface area contributed by atoms with Gasteiger partial charge in [0.25, 0.3) is 0 Å². The number of nitrogens with one attached hydrogen (secondary N) is 1. The molecule has 0 radical (unpaired) electrons. The summed E-state index contributed by atoms with van der Waals surface area (Å²) in [5.41, 5.74) is 4.52. The summed E-state index contributed by atoms with van der Waals surface area (Å²) in [7, 11) is 0. The number of carbonyl (C=O) groups is 1. The van der Waals surface area contributed by atoms with E-state index in [0.717, 1.165) is 16.7 Å². The normalized spacial score (nSPS) is 12.2. The minimum absolute atomic E-state index is 0.00572. The molecule has 4 heteroatoms. The Kier molecular flexibility index (Phi) is 5.39. The molecule has 0 aliphatic rings. The Labute approximate surface area is 131 Å². The average molecular weight is 301 g/mol. The molecule has 1 unspecified atom stereocenters. The van der Waals surface area contributed by atoms with Gasteiger partial charge in [-0.1, -0.05) is 17.7 Å². The average Bonchev–Trinajstić information content (AvgIpc) is 2.96. The highest BCUT2D eigenvalue weighted by atomic mass is 16.3. The van der Waals surface area contributed by atoms with E-state index in [0.29, 0.717) is 18.6 Å². The molecule has 0 aliphatic heterocycles. The predicted octanol–water partition coefficient (Wildman–Crippen LogP) is 2.99. The summed E-state index contributed by atoms with van der Waals surface area (Å²) in [5, 5.41) is 12.1. The van der Waals surface area contributed by atoms with Crippen LogP contribution < -0.4 is 5.32 Å². The molecule has 1 amide bonds. The number of aliphatic hydroxyl groups is 1. The number of hydrogen-bond acceptors (Lipinski definition) is 3. The monoisotopic (exact) mass is 301 g/mol. The molecule has 0 spiro atoms. The summed E-state index contributed by atoms with van der Waals surface area (Å²) in [4.78, 5) is 12.3. The fourth-order valence-electron chi connectivity index (χ4n) is 2.80. The molecular weight excluding hydrogens is 278 g/mol. The molecule has 4 nitrogen and oxygen atoms in total. The van der Waals surface area contributed by atoms with Gasteiger partial charge in [-0.3, -0.25) is 4.79 Å². The second-order valence-corrected chi connectivity index (χ2v) is 5.70. The van der Waals surface area contributed by atoms with E-state index in [-0.39, 0.29) is 18.6 Å². The molecule has 22 heavy (non-hydrogen) atoms. The summed E-state index contributed by atoms with van der Waals surface area (Å²) < 4.78 is 5.34. The Bertz CT molecular complexity index is 609. The lowest BCUT2D eigenvalue weighted by Crippen LogP contribution is -2.30. The third kappa shape index (κ3) is 3.98. The fourth-order valence-corrected chi connectivity index (χ4v) is 2.80. The molecule has 0 saturated heterocycles. The van der Waals surface area contributed by atoms with Crippen LogP contribution in [0.5, 0.6) is 0 Å². The van der Waals surface area contributed by atoms with Crippen molar-refractivity contribution in [1.82, 2.24) is 5.32 Å². The molecule has 1 heterocycles. The van der Waals surface area contributed by atoms with E-state index < -0.39 is 0 Å². The maximum absolute atomic E-state index is 12.3. The van der Waals surface area contributed by atoms with Gasteiger partial charge in [0.15, 0.2) is 0 Å². The summed E-state index contributed by atoms with van der Waals surface area (Å²) in [5.74, 6) is 0.602. The molecule has 0 saturated carbocycles. The van der Waals surface area contributed by atoms with E-state index in [9.17, 15) is 4.79 Å². The van der Waals surface area contributed by atoms with E-state index in [1.165, 1.54) is 5.56 Å². The highest BCUT2D eigenvalue weighted by Crippen LogP contribution is 2.19. The zero-order chi connectivity index (χ0) is 16.1. The van der Waals surface area contributed by atoms with E-state index in [2.05, 4.69) is 24.4 Å². The standard InChI is InChI=1S/C18H23NO3/c1-12-9-13(2)15(14(3)10-12)11-18(21)19-16(6-7-20)17-5-4-8-22-17/h4-5,8-10,16,20H,6-7,11H2,1-3H3,(H,19,21). The van der Waals surface area contributed by atoms with Gasteiger partial charge in [-0.25, -0.2) is 0 Å². The van der Waals surface area contributed by atoms with Gasteiger partial charge in [-0.2, -0.15) is 0 Å². The molecule has 2 rings (SSSR count). The maximum atomic E-state index is 12.3. The highest BCUT2D eigenvalue weighted by molar-refractivity contribution is 5.79. The molecule has 0 bridgehead atoms. The zero-order valence-electron chi connectivity index (χ0n) is 13.3. The van der Waals surface area contributed by atoms with Crippen molar-refractivity contribution in [3.63, 3.8) is 0 Å². The van der Waals surface area contributed by atoms with Gasteiger partial charge in [-0.15, -0.1) is 0 Å². The van der Waals surface area contributed by atoms with Crippen LogP contribution in [0.3, 0.4) is 0 Å². The molecule has 2 N–H and O–H groups in total. The molecule has 0 fully saturated rings. The minimum atomic E-state index is -0.293. The van der Waals surface area contributed by atoms with Crippen LogP contribution in [0, 0.1) is 20.8 Å². The van der Waals surface area contributed by atoms with Gasteiger partial charge < -0.3 is 14.8 Å². The minimum Gasteiger partial charge on any atom is -0.467 e. The Balaban J connectivity index is 2.09. The number of aliphatic hydroxyl groups excluding tert-OH is 1. The maximum Gasteiger partial charge on any atom is 0.225 e. The van der Waals surface area contributed by atoms with Crippen molar-refractivity contribution in [3.8, 4) is 0 Å². The molecule has 2 aromatic rings. The van der Waals surface area contributed by atoms with Gasteiger partial charge in [-0.05, 0) is 56.0 Å². The largest absolute Gasteiger partial charge is 0.467 e. The van der Waals surface area contributed by atoms with E-state index in [4.69, 9.17) is 9.52 Å². The number of amides is 1. The number of carbonyl (C=O) groups excluding carboxylic acids is 1. The summed E-state index contributed by atoms with van der Waals surface area (Å²) in [6.07, 6.45) is 2.34. The lowest BCUT2D eigenvalue weighted by atomic mass is 9.97. The molecule has 118 valence electrons. The van der Waals surface area contributed by atoms with Crippen LogP contribution >= 0.6 is 0 Å². The van der Waals surface area contributed by atoms with E-state index >= 15 is 0 Å². The van der Waals surface area contributed by atoms with Crippen molar-refractivity contribution in [2.24, 2.45) is 0 Å². The molecular formula is C18H23NO3.